The fraction of sp³-hybridized carbons (Fsp3) is 0.250. The van der Waals surface area contributed by atoms with Crippen LogP contribution in [-0.4, -0.2) is 19.0 Å². The van der Waals surface area contributed by atoms with Crippen LogP contribution in [0.1, 0.15) is 11.1 Å². The summed E-state index contributed by atoms with van der Waals surface area (Å²) < 4.78 is 92.1. The van der Waals surface area contributed by atoms with Crippen LogP contribution >= 0.6 is 0 Å². The minimum atomic E-state index is -5.00. The number of benzene rings is 1. The van der Waals surface area contributed by atoms with Gasteiger partial charge in [0, 0.05) is 0 Å². The number of hydrogen-bond donors (Lipinski definition) is 1. The second kappa shape index (κ2) is 4.42. The number of halogens is 6. The number of alkyl halides is 6. The van der Waals surface area contributed by atoms with Crippen LogP contribution in [0.2, 0.25) is 0 Å². The third kappa shape index (κ3) is 3.54. The Balaban J connectivity index is 3.45. The first kappa shape index (κ1) is 14.2. The maximum absolute atomic E-state index is 12.3. The van der Waals surface area contributed by atoms with Crippen LogP contribution in [0.3, 0.4) is 0 Å². The Hall–Kier alpha value is -0.882. The van der Waals surface area contributed by atoms with Crippen molar-refractivity contribution in [1.29, 1.82) is 0 Å². The molecule has 1 unspecified atom stereocenters. The van der Waals surface area contributed by atoms with Crippen LogP contribution in [0, 0.1) is 0 Å². The summed E-state index contributed by atoms with van der Waals surface area (Å²) in [6.07, 6.45) is -9.99. The van der Waals surface area contributed by atoms with E-state index in [1.807, 2.05) is 0 Å². The minimum absolute atomic E-state index is 0.0925. The van der Waals surface area contributed by atoms with Crippen molar-refractivity contribution < 1.29 is 34.2 Å². The van der Waals surface area contributed by atoms with E-state index in [1.54, 1.807) is 0 Å². The summed E-state index contributed by atoms with van der Waals surface area (Å²) in [5, 5.41) is 0. The molecule has 1 N–H and O–H groups in total. The van der Waals surface area contributed by atoms with Crippen molar-refractivity contribution in [3.63, 3.8) is 0 Å². The van der Waals surface area contributed by atoms with Gasteiger partial charge in [-0.05, 0) is 0 Å². The summed E-state index contributed by atoms with van der Waals surface area (Å²) in [6, 6.07) is 0.430. The third-order valence-corrected chi connectivity index (χ3v) is 3.48. The van der Waals surface area contributed by atoms with Crippen LogP contribution in [0.25, 0.3) is 0 Å². The Morgan fingerprint density at radius 2 is 1.24 bits per heavy atom. The van der Waals surface area contributed by atoms with Gasteiger partial charge in [-0.15, -0.1) is 0 Å². The zero-order valence-electron chi connectivity index (χ0n) is 7.86. The summed E-state index contributed by atoms with van der Waals surface area (Å²) in [7, 11) is 0. The van der Waals surface area contributed by atoms with Gasteiger partial charge >= 0.3 is 95.1 Å². The summed E-state index contributed by atoms with van der Waals surface area (Å²) in [4.78, 5) is 0. The molecule has 0 aliphatic rings. The topological polar surface area (TPSA) is 37.3 Å². The molecule has 0 saturated heterocycles. The van der Waals surface area contributed by atoms with Crippen LogP contribution in [0.15, 0.2) is 18.2 Å². The standard InChI is InChI=1S/C8H5AsF6O2/c10-7(11,12)4-1-5(8(13,14)15)3-6(2-4)9(16)17/h1-3,9H,(H,16,17). The molecule has 0 bridgehead atoms. The first-order valence-corrected chi connectivity index (χ1v) is 6.89. The average Bonchev–Trinajstić information content (AvgIpc) is 2.14. The van der Waals surface area contributed by atoms with Crippen LogP contribution in [0.4, 0.5) is 26.3 Å². The fourth-order valence-corrected chi connectivity index (χ4v) is 2.25. The van der Waals surface area contributed by atoms with Gasteiger partial charge in [-0.3, -0.25) is 0 Å². The van der Waals surface area contributed by atoms with E-state index in [0.29, 0.717) is 0 Å². The van der Waals surface area contributed by atoms with Gasteiger partial charge in [0.15, 0.2) is 0 Å². The Morgan fingerprint density at radius 3 is 1.47 bits per heavy atom. The molecule has 0 spiro atoms. The van der Waals surface area contributed by atoms with E-state index < -0.39 is 42.8 Å². The normalized spacial score (nSPS) is 14.8. The van der Waals surface area contributed by atoms with E-state index >= 15 is 0 Å². The molecule has 1 rings (SSSR count). The third-order valence-electron chi connectivity index (χ3n) is 1.83. The van der Waals surface area contributed by atoms with Crippen molar-refractivity contribution in [3.05, 3.63) is 29.3 Å². The van der Waals surface area contributed by atoms with E-state index in [0.717, 1.165) is 0 Å². The fourth-order valence-electron chi connectivity index (χ4n) is 1.08. The molecular formula is C8H5AsF6O2. The van der Waals surface area contributed by atoms with Crippen molar-refractivity contribution in [2.75, 3.05) is 0 Å². The number of hydrogen-bond acceptors (Lipinski definition) is 1. The Kier molecular flexibility index (Phi) is 3.68. The van der Waals surface area contributed by atoms with Crippen LogP contribution in [0.5, 0.6) is 0 Å². The molecule has 0 amide bonds. The molecular weight excluding hydrogens is 317 g/mol. The van der Waals surface area contributed by atoms with Gasteiger partial charge in [-0.2, -0.15) is 0 Å². The summed E-state index contributed by atoms with van der Waals surface area (Å²) >= 11 is -4.24. The van der Waals surface area contributed by atoms with E-state index in [1.165, 1.54) is 0 Å². The number of rotatable bonds is 1. The predicted molar refractivity (Wildman–Crippen MR) is 46.1 cm³/mol. The molecule has 0 fully saturated rings. The van der Waals surface area contributed by atoms with Crippen molar-refractivity contribution in [3.8, 4) is 0 Å². The zero-order valence-corrected chi connectivity index (χ0v) is 9.95. The first-order chi connectivity index (χ1) is 7.51. The summed E-state index contributed by atoms with van der Waals surface area (Å²) in [5.41, 5.74) is -3.17. The predicted octanol–water partition coefficient (Wildman–Crippen LogP) is 1.57. The van der Waals surface area contributed by atoms with Gasteiger partial charge in [0.2, 0.25) is 0 Å². The van der Waals surface area contributed by atoms with Gasteiger partial charge in [-0.25, -0.2) is 0 Å². The van der Waals surface area contributed by atoms with E-state index in [-0.39, 0.29) is 18.2 Å². The van der Waals surface area contributed by atoms with Crippen LogP contribution < -0.4 is 4.35 Å². The molecule has 17 heavy (non-hydrogen) atoms. The molecule has 0 radical (unpaired) electrons. The zero-order chi connectivity index (χ0) is 13.4. The van der Waals surface area contributed by atoms with Gasteiger partial charge < -0.3 is 0 Å². The van der Waals surface area contributed by atoms with Crippen molar-refractivity contribution >= 4 is 19.3 Å². The molecule has 1 aromatic carbocycles. The second-order valence-corrected chi connectivity index (χ2v) is 5.59. The second-order valence-electron chi connectivity index (χ2n) is 3.10. The van der Waals surface area contributed by atoms with Gasteiger partial charge in [-0.1, -0.05) is 0 Å². The summed E-state index contributed by atoms with van der Waals surface area (Å²) in [5.74, 6) is 0. The molecule has 0 aliphatic heterocycles. The average molecular weight is 322 g/mol. The molecule has 0 saturated carbocycles. The molecule has 2 nitrogen and oxygen atoms in total. The monoisotopic (exact) mass is 322 g/mol. The molecule has 96 valence electrons. The van der Waals surface area contributed by atoms with Crippen LogP contribution in [-0.2, 0) is 16.1 Å². The molecule has 0 aliphatic carbocycles. The Labute approximate surface area is 95.7 Å². The quantitative estimate of drug-likeness (QED) is 0.630. The Bertz CT molecular complexity index is 418. The first-order valence-electron chi connectivity index (χ1n) is 4.04. The molecule has 1 atom stereocenters. The molecule has 9 heteroatoms. The molecule has 0 aromatic heterocycles. The Morgan fingerprint density at radius 1 is 0.882 bits per heavy atom. The van der Waals surface area contributed by atoms with Crippen molar-refractivity contribution in [2.24, 2.45) is 0 Å². The van der Waals surface area contributed by atoms with E-state index in [9.17, 15) is 30.1 Å². The SMILES string of the molecule is O=[AsH](O)c1cc(C(F)(F)F)cc(C(F)(F)F)c1. The van der Waals surface area contributed by atoms with E-state index in [2.05, 4.69) is 0 Å². The molecule has 1 aromatic rings. The van der Waals surface area contributed by atoms with E-state index in [4.69, 9.17) is 4.10 Å². The van der Waals surface area contributed by atoms with Gasteiger partial charge in [0.05, 0.1) is 0 Å². The van der Waals surface area contributed by atoms with Crippen molar-refractivity contribution in [2.45, 2.75) is 12.4 Å². The van der Waals surface area contributed by atoms with Gasteiger partial charge in [0.25, 0.3) is 0 Å². The summed E-state index contributed by atoms with van der Waals surface area (Å²) in [6.45, 7) is 0. The van der Waals surface area contributed by atoms with Gasteiger partial charge in [0.1, 0.15) is 0 Å². The van der Waals surface area contributed by atoms with Crippen molar-refractivity contribution in [1.82, 2.24) is 0 Å². The maximum atomic E-state index is 12.3. The molecule has 0 heterocycles.